The van der Waals surface area contributed by atoms with E-state index in [1.807, 2.05) is 0 Å². The Labute approximate surface area is 46.2 Å². The van der Waals surface area contributed by atoms with E-state index in [1.54, 1.807) is 0 Å². The van der Waals surface area contributed by atoms with Crippen molar-refractivity contribution < 1.29 is 33.3 Å². The molecule has 0 atom stereocenters. The van der Waals surface area contributed by atoms with E-state index in [2.05, 4.69) is 0 Å². The van der Waals surface area contributed by atoms with Crippen LogP contribution < -0.4 is 12.3 Å². The maximum absolute atomic E-state index is 0. The second-order valence-corrected chi connectivity index (χ2v) is 0. The smallest absolute Gasteiger partial charge is 0 e. The quantitative estimate of drug-likeness (QED) is 0.444. The Morgan fingerprint density at radius 1 is 0.600 bits per heavy atom. The molecule has 0 aliphatic heterocycles. The van der Waals surface area contributed by atoms with Gasteiger partial charge in [-0.15, -0.1) is 0 Å². The largest absolute Gasteiger partial charge is 0.412 e. The molecule has 0 saturated carbocycles. The molecule has 5 heteroatoms. The predicted octanol–water partition coefficient (Wildman–Crippen LogP) is -1.33. The number of hydrogen-bond donors (Lipinski definition) is 2. The first-order valence-electron chi connectivity index (χ1n) is 0. The van der Waals surface area contributed by atoms with Gasteiger partial charge in [0, 0.05) is 22.4 Å². The summed E-state index contributed by atoms with van der Waals surface area (Å²) in [5, 5.41) is 0. The van der Waals surface area contributed by atoms with E-state index >= 15 is 0 Å². The Kier molecular flexibility index (Phi) is 12100. The molecule has 10 N–H and O–H groups in total. The minimum Gasteiger partial charge on any atom is -0.412 e. The first-order chi connectivity index (χ1) is 0. The first-order valence-corrected chi connectivity index (χ1v) is 0. The first kappa shape index (κ1) is 348. The molecule has 0 heterocycles. The Morgan fingerprint density at radius 3 is 0.600 bits per heavy atom. The third-order valence-electron chi connectivity index (χ3n) is 0. The topological polar surface area (TPSA) is 133 Å². The summed E-state index contributed by atoms with van der Waals surface area (Å²) < 4.78 is 0. The molecular weight excluding hydrogens is 168 g/mol. The minimum atomic E-state index is 0. The second kappa shape index (κ2) is 174. The van der Waals surface area contributed by atoms with E-state index in [9.17, 15) is 0 Å². The Morgan fingerprint density at radius 2 is 0.600 bits per heavy atom. The zero-order valence-corrected chi connectivity index (χ0v) is 4.20. The van der Waals surface area contributed by atoms with Crippen LogP contribution in [0, 0.1) is 0 Å². The molecule has 0 aromatic carbocycles. The molecule has 0 rings (SSSR count). The maximum atomic E-state index is 0. The van der Waals surface area contributed by atoms with Gasteiger partial charge in [0.05, 0.1) is 0 Å². The van der Waals surface area contributed by atoms with Crippen molar-refractivity contribution in [3.63, 3.8) is 0 Å². The van der Waals surface area contributed by atoms with Crippen LogP contribution in [0.5, 0.6) is 0 Å². The van der Waals surface area contributed by atoms with Crippen LogP contribution in [0.3, 0.4) is 0 Å². The van der Waals surface area contributed by atoms with E-state index in [0.717, 1.165) is 0 Å². The van der Waals surface area contributed by atoms with Crippen LogP contribution >= 0.6 is 0 Å². The molecule has 0 aromatic heterocycles. The fourth-order valence-corrected chi connectivity index (χ4v) is 0. The van der Waals surface area contributed by atoms with Crippen LogP contribution in [0.2, 0.25) is 0 Å². The average Bonchev–Trinajstić information content (AvgIpc) is 0. The van der Waals surface area contributed by atoms with Crippen molar-refractivity contribution in [2.24, 2.45) is 0 Å². The molecule has 0 aliphatic rings. The summed E-state index contributed by atoms with van der Waals surface area (Å²) in [5.74, 6) is 0. The summed E-state index contributed by atoms with van der Waals surface area (Å²) in [4.78, 5) is 0. The van der Waals surface area contributed by atoms with E-state index in [1.165, 1.54) is 0 Å². The van der Waals surface area contributed by atoms with Crippen LogP contribution in [-0.2, 0) is 22.4 Å². The van der Waals surface area contributed by atoms with E-state index in [0.29, 0.717) is 0 Å². The summed E-state index contributed by atoms with van der Waals surface area (Å²) in [6.45, 7) is 0. The van der Waals surface area contributed by atoms with Gasteiger partial charge in [0.25, 0.3) is 0 Å². The number of rotatable bonds is 0. The van der Waals surface area contributed by atoms with Crippen molar-refractivity contribution in [3.8, 4) is 0 Å². The molecule has 0 aromatic rings. The van der Waals surface area contributed by atoms with Gasteiger partial charge in [-0.3, -0.25) is 0 Å². The second-order valence-electron chi connectivity index (χ2n) is 0. The average molecular weight is 178 g/mol. The molecular formula is H10AgN2O2. The van der Waals surface area contributed by atoms with Crippen molar-refractivity contribution in [2.45, 2.75) is 0 Å². The zero-order valence-electron chi connectivity index (χ0n) is 2.72. The molecule has 0 fully saturated rings. The summed E-state index contributed by atoms with van der Waals surface area (Å²) >= 11 is 0. The molecule has 43 valence electrons. The van der Waals surface area contributed by atoms with Gasteiger partial charge in [-0.25, -0.2) is 0 Å². The SMILES string of the molecule is N.N.O.O.[Ag]. The fourth-order valence-electron chi connectivity index (χ4n) is 0. The summed E-state index contributed by atoms with van der Waals surface area (Å²) in [6.07, 6.45) is 0. The van der Waals surface area contributed by atoms with Gasteiger partial charge in [0.1, 0.15) is 0 Å². The molecule has 0 amide bonds. The molecule has 0 bridgehead atoms. The van der Waals surface area contributed by atoms with E-state index < -0.39 is 0 Å². The van der Waals surface area contributed by atoms with Crippen molar-refractivity contribution in [1.82, 2.24) is 12.3 Å². The third-order valence-corrected chi connectivity index (χ3v) is 0. The number of hydrogen-bond acceptors (Lipinski definition) is 2. The van der Waals surface area contributed by atoms with Gasteiger partial charge >= 0.3 is 0 Å². The predicted molar refractivity (Wildman–Crippen MR) is 17.3 cm³/mol. The summed E-state index contributed by atoms with van der Waals surface area (Å²) in [7, 11) is 0. The zero-order chi connectivity index (χ0) is 0. The van der Waals surface area contributed by atoms with Crippen molar-refractivity contribution >= 4 is 0 Å². The van der Waals surface area contributed by atoms with Crippen molar-refractivity contribution in [1.29, 1.82) is 0 Å². The standard InChI is InChI=1S/Ag.2H3N.2H2O/h;2*1H3;2*1H2. The molecule has 0 saturated heterocycles. The van der Waals surface area contributed by atoms with Crippen LogP contribution in [-0.4, -0.2) is 11.0 Å². The van der Waals surface area contributed by atoms with E-state index in [-0.39, 0.29) is 45.6 Å². The Bertz CT molecular complexity index is 7.61. The molecule has 0 spiro atoms. The van der Waals surface area contributed by atoms with Gasteiger partial charge in [0.2, 0.25) is 0 Å². The van der Waals surface area contributed by atoms with Crippen LogP contribution in [0.25, 0.3) is 0 Å². The van der Waals surface area contributed by atoms with Crippen LogP contribution in [0.4, 0.5) is 0 Å². The Hall–Kier alpha value is 0.580. The van der Waals surface area contributed by atoms with Crippen LogP contribution in [0.1, 0.15) is 0 Å². The molecule has 0 aliphatic carbocycles. The normalized spacial score (nSPS) is 0. The van der Waals surface area contributed by atoms with Gasteiger partial charge in [-0.2, -0.15) is 0 Å². The minimum absolute atomic E-state index is 0. The molecule has 1 radical (unpaired) electrons. The molecule has 4 nitrogen and oxygen atoms in total. The van der Waals surface area contributed by atoms with Gasteiger partial charge in [-0.1, -0.05) is 0 Å². The monoisotopic (exact) mass is 177 g/mol. The maximum Gasteiger partial charge on any atom is 0 e. The summed E-state index contributed by atoms with van der Waals surface area (Å²) in [6, 6.07) is 0. The van der Waals surface area contributed by atoms with Gasteiger partial charge in [-0.05, 0) is 0 Å². The van der Waals surface area contributed by atoms with Gasteiger partial charge < -0.3 is 23.3 Å². The van der Waals surface area contributed by atoms with Gasteiger partial charge in [0.15, 0.2) is 0 Å². The molecule has 5 heavy (non-hydrogen) atoms. The van der Waals surface area contributed by atoms with Crippen molar-refractivity contribution in [3.05, 3.63) is 0 Å². The third kappa shape index (κ3) is 90.6. The Balaban J connectivity index is 0. The van der Waals surface area contributed by atoms with Crippen LogP contribution in [0.15, 0.2) is 0 Å². The van der Waals surface area contributed by atoms with Crippen molar-refractivity contribution in [2.75, 3.05) is 0 Å². The van der Waals surface area contributed by atoms with E-state index in [4.69, 9.17) is 0 Å². The summed E-state index contributed by atoms with van der Waals surface area (Å²) in [5.41, 5.74) is 0. The fraction of sp³-hybridized carbons (Fsp3) is 0. The molecule has 0 unspecified atom stereocenters.